The summed E-state index contributed by atoms with van der Waals surface area (Å²) >= 11 is 0. The number of nitrogens with one attached hydrogen (secondary N) is 2. The van der Waals surface area contributed by atoms with Gasteiger partial charge in [0.25, 0.3) is 0 Å². The number of amides is 4. The largest absolute Gasteiger partial charge is 0.462 e. The number of hydrogen-bond donors (Lipinski definition) is 2. The molecule has 4 atom stereocenters. The lowest BCUT2D eigenvalue weighted by atomic mass is 9.92. The van der Waals surface area contributed by atoms with Crippen molar-refractivity contribution in [2.75, 3.05) is 45.9 Å². The molecule has 4 aliphatic heterocycles. The van der Waals surface area contributed by atoms with Crippen LogP contribution >= 0.6 is 0 Å². The van der Waals surface area contributed by atoms with Crippen LogP contribution in [-0.2, 0) is 83.2 Å². The van der Waals surface area contributed by atoms with Crippen molar-refractivity contribution < 1.29 is 66.8 Å². The van der Waals surface area contributed by atoms with Crippen molar-refractivity contribution in [1.29, 1.82) is 0 Å². The van der Waals surface area contributed by atoms with Crippen LogP contribution in [0.25, 0.3) is 11.1 Å². The minimum atomic E-state index is -0.922. The summed E-state index contributed by atoms with van der Waals surface area (Å²) in [6.07, 6.45) is 3.26. The summed E-state index contributed by atoms with van der Waals surface area (Å²) in [6.45, 7) is 18.0. The lowest BCUT2D eigenvalue weighted by molar-refractivity contribution is -0.160. The molecule has 4 amide bonds. The highest BCUT2D eigenvalue weighted by atomic mass is 16.6. The average Bonchev–Trinajstić information content (AvgIpc) is 1.69. The van der Waals surface area contributed by atoms with Gasteiger partial charge >= 0.3 is 30.0 Å². The maximum absolute atomic E-state index is 14.2. The van der Waals surface area contributed by atoms with Crippen LogP contribution in [0.2, 0.25) is 0 Å². The summed E-state index contributed by atoms with van der Waals surface area (Å²) in [4.78, 5) is 125. The van der Waals surface area contributed by atoms with Crippen LogP contribution in [-0.4, -0.2) is 167 Å². The third-order valence-electron chi connectivity index (χ3n) is 17.9. The first kappa shape index (κ1) is 70.6. The highest BCUT2D eigenvalue weighted by Gasteiger charge is 2.41. The normalized spacial score (nSPS) is 18.1. The molecule has 95 heavy (non-hydrogen) atoms. The topological polar surface area (TPSA) is 237 Å². The predicted octanol–water partition coefficient (Wildman–Crippen LogP) is 9.45. The Hall–Kier alpha value is -8.75. The van der Waals surface area contributed by atoms with E-state index in [4.69, 9.17) is 23.7 Å². The Balaban J connectivity index is 0.000000225. The summed E-state index contributed by atoms with van der Waals surface area (Å²) in [5.74, 6) is -3.05. The molecule has 20 nitrogen and oxygen atoms in total. The Morgan fingerprint density at radius 2 is 0.895 bits per heavy atom. The number of carbonyl (C=O) groups excluding carboxylic acids is 9. The van der Waals surface area contributed by atoms with Crippen LogP contribution in [0.15, 0.2) is 127 Å². The molecule has 0 radical (unpaired) electrons. The van der Waals surface area contributed by atoms with E-state index in [2.05, 4.69) is 44.7 Å². The zero-order valence-corrected chi connectivity index (χ0v) is 56.1. The Morgan fingerprint density at radius 1 is 0.495 bits per heavy atom. The Morgan fingerprint density at radius 3 is 1.34 bits per heavy atom. The van der Waals surface area contributed by atoms with E-state index in [9.17, 15) is 43.2 Å². The number of Topliss-reactive ketones (excluding diaryl/α,β-unsaturated/α-hetero) is 1. The van der Waals surface area contributed by atoms with Crippen molar-refractivity contribution in [3.8, 4) is 11.1 Å². The average molecular weight is 1300 g/mol. The second-order valence-corrected chi connectivity index (χ2v) is 27.3. The van der Waals surface area contributed by atoms with Crippen molar-refractivity contribution in [2.24, 2.45) is 0 Å². The molecule has 10 rings (SSSR count). The molecule has 5 aliphatic rings. The van der Waals surface area contributed by atoms with Gasteiger partial charge in [0, 0.05) is 96.8 Å². The second-order valence-electron chi connectivity index (χ2n) is 27.3. The molecule has 4 heterocycles. The molecule has 2 unspecified atom stereocenters. The summed E-state index contributed by atoms with van der Waals surface area (Å²) in [7, 11) is 0. The third-order valence-corrected chi connectivity index (χ3v) is 17.9. The number of likely N-dealkylation sites (tertiary alicyclic amines) is 2. The number of ether oxygens (including phenoxy) is 5. The van der Waals surface area contributed by atoms with Gasteiger partial charge in [0.1, 0.15) is 54.2 Å². The van der Waals surface area contributed by atoms with Gasteiger partial charge in [0.15, 0.2) is 5.78 Å². The van der Waals surface area contributed by atoms with E-state index in [1.807, 2.05) is 78.9 Å². The van der Waals surface area contributed by atoms with Gasteiger partial charge in [0.2, 0.25) is 17.7 Å². The molecule has 0 bridgehead atoms. The molecule has 20 heteroatoms. The van der Waals surface area contributed by atoms with Crippen LogP contribution in [0.3, 0.4) is 0 Å². The van der Waals surface area contributed by atoms with Crippen LogP contribution in [0, 0.1) is 0 Å². The van der Waals surface area contributed by atoms with Gasteiger partial charge < -0.3 is 49.0 Å². The molecule has 1 aliphatic carbocycles. The van der Waals surface area contributed by atoms with E-state index < -0.39 is 65.2 Å². The van der Waals surface area contributed by atoms with E-state index in [1.165, 1.54) is 23.6 Å². The molecule has 5 aromatic carbocycles. The van der Waals surface area contributed by atoms with E-state index >= 15 is 0 Å². The molecular formula is C75H92N6O14. The molecule has 2 N–H and O–H groups in total. The number of piperidine rings is 2. The number of benzene rings is 5. The van der Waals surface area contributed by atoms with Gasteiger partial charge in [-0.2, -0.15) is 0 Å². The van der Waals surface area contributed by atoms with Crippen LogP contribution in [0.1, 0.15) is 156 Å². The van der Waals surface area contributed by atoms with E-state index in [1.54, 1.807) is 65.8 Å². The fraction of sp³-hybridized carbons (Fsp3) is 0.480. The van der Waals surface area contributed by atoms with Gasteiger partial charge in [-0.05, 0) is 125 Å². The van der Waals surface area contributed by atoms with Gasteiger partial charge in [-0.25, -0.2) is 14.4 Å². The van der Waals surface area contributed by atoms with Crippen molar-refractivity contribution in [2.45, 2.75) is 186 Å². The number of ketones is 1. The molecule has 2 saturated heterocycles. The zero-order valence-electron chi connectivity index (χ0n) is 56.1. The molecular weight excluding hydrogens is 1210 g/mol. The fourth-order valence-corrected chi connectivity index (χ4v) is 13.2. The highest BCUT2D eigenvalue weighted by Crippen LogP contribution is 2.45. The first-order valence-electron chi connectivity index (χ1n) is 33.3. The summed E-state index contributed by atoms with van der Waals surface area (Å²) < 4.78 is 28.2. The van der Waals surface area contributed by atoms with Gasteiger partial charge in [-0.3, -0.25) is 33.7 Å². The number of carbonyl (C=O) groups is 9. The smallest absolute Gasteiger partial charge is 0.410 e. The van der Waals surface area contributed by atoms with Crippen LogP contribution in [0.4, 0.5) is 4.79 Å². The molecule has 0 aromatic heterocycles. The minimum Gasteiger partial charge on any atom is -0.462 e. The van der Waals surface area contributed by atoms with Crippen molar-refractivity contribution in [1.82, 2.24) is 30.2 Å². The number of fused-ring (bicyclic) bond motifs is 5. The van der Waals surface area contributed by atoms with Crippen molar-refractivity contribution in [3.63, 3.8) is 0 Å². The molecule has 0 spiro atoms. The second kappa shape index (κ2) is 32.1. The maximum atomic E-state index is 14.2. The number of hydrogen-bond acceptors (Lipinski definition) is 16. The van der Waals surface area contributed by atoms with E-state index in [0.717, 1.165) is 44.5 Å². The van der Waals surface area contributed by atoms with E-state index in [0.29, 0.717) is 89.8 Å². The predicted molar refractivity (Wildman–Crippen MR) is 356 cm³/mol. The number of rotatable bonds is 20. The van der Waals surface area contributed by atoms with Crippen molar-refractivity contribution in [3.05, 3.63) is 166 Å². The SMILES string of the molecule is CC(=O)OC1CCN(CCC(NC(=O)[C@@H]2Cc3ccccc3CN2C(=O)CCC(=O)c2ccccc2)C(=O)OC(C)(C)C)CC1.CC(=O)OC1CCN(CCC(NC(=O)[C@@H]2Cc3ccccc3CN2C(=O)OCC2c3ccccc3-c3ccccc32)C(=O)OC(C)(C)C)CC1. The summed E-state index contributed by atoms with van der Waals surface area (Å²) in [6, 6.07) is 37.0. The molecule has 506 valence electrons. The maximum Gasteiger partial charge on any atom is 0.410 e. The van der Waals surface area contributed by atoms with Gasteiger partial charge in [-0.15, -0.1) is 0 Å². The molecule has 2 fully saturated rings. The summed E-state index contributed by atoms with van der Waals surface area (Å²) in [5, 5.41) is 5.88. The first-order valence-corrected chi connectivity index (χ1v) is 33.3. The minimum absolute atomic E-state index is 0.0293. The monoisotopic (exact) mass is 1300 g/mol. The Bertz CT molecular complexity index is 3500. The molecule has 5 aromatic rings. The molecule has 0 saturated carbocycles. The Kier molecular flexibility index (Phi) is 23.9. The van der Waals surface area contributed by atoms with Gasteiger partial charge in [-0.1, -0.05) is 127 Å². The summed E-state index contributed by atoms with van der Waals surface area (Å²) in [5.41, 5.74) is 7.36. The lowest BCUT2D eigenvalue weighted by Crippen LogP contribution is -2.56. The highest BCUT2D eigenvalue weighted by molar-refractivity contribution is 5.99. The third kappa shape index (κ3) is 19.7. The quantitative estimate of drug-likeness (QED) is 0.0419. The number of nitrogens with zero attached hydrogens (tertiary/aromatic N) is 4. The fourth-order valence-electron chi connectivity index (χ4n) is 13.2. The number of esters is 4. The Labute approximate surface area is 557 Å². The zero-order chi connectivity index (χ0) is 68.0. The first-order chi connectivity index (χ1) is 45.4. The van der Waals surface area contributed by atoms with Gasteiger partial charge in [0.05, 0.1) is 6.54 Å². The van der Waals surface area contributed by atoms with Crippen molar-refractivity contribution >= 4 is 53.5 Å². The van der Waals surface area contributed by atoms with Crippen LogP contribution in [0.5, 0.6) is 0 Å². The standard InChI is InChI=1S/C40H47N3O7.C35H45N3O7/c1-26(44)49-29-17-20-42(21-18-29)22-19-35(38(46)50-40(2,3)4)41-37(45)36-23-27-11-5-6-12-28(27)24-43(36)39(47)48-25-34-32-15-9-7-13-30(32)31-14-8-10-16-33(31)34;1-24(39)44-28-16-19-37(20-17-28)21-18-29(34(43)45-35(2,3)4)36-33(42)30-22-26-12-8-9-13-27(26)23-38(30)32(41)15-14-31(40)25-10-6-5-7-11-25/h5-16,29,34-36H,17-25H2,1-4H3,(H,41,45);5-13,28-30H,14-23H2,1-4H3,(H,36,42)/t35?,36-;29?,30-/m00/s1. The lowest BCUT2D eigenvalue weighted by Gasteiger charge is -2.37. The van der Waals surface area contributed by atoms with E-state index in [-0.39, 0.29) is 80.7 Å². The van der Waals surface area contributed by atoms with Crippen LogP contribution < -0.4 is 10.6 Å².